The first kappa shape index (κ1) is 24.2. The first-order valence-electron chi connectivity index (χ1n) is 11.2. The van der Waals surface area contributed by atoms with Gasteiger partial charge in [-0.3, -0.25) is 14.2 Å². The van der Waals surface area contributed by atoms with Gasteiger partial charge in [0.25, 0.3) is 5.56 Å². The number of aryl methyl sites for hydroxylation is 2. The molecule has 2 atom stereocenters. The number of pyridine rings is 1. The van der Waals surface area contributed by atoms with Crippen LogP contribution in [0, 0.1) is 19.7 Å². The summed E-state index contributed by atoms with van der Waals surface area (Å²) in [5.74, 6) is -1.22. The van der Waals surface area contributed by atoms with E-state index in [2.05, 4.69) is 10.6 Å². The van der Waals surface area contributed by atoms with Crippen molar-refractivity contribution >= 4 is 23.3 Å². The number of amides is 3. The van der Waals surface area contributed by atoms with Gasteiger partial charge in [0.2, 0.25) is 5.91 Å². The molecule has 1 aliphatic rings. The lowest BCUT2D eigenvalue weighted by Gasteiger charge is -2.24. The summed E-state index contributed by atoms with van der Waals surface area (Å²) in [6.45, 7) is 3.97. The van der Waals surface area contributed by atoms with Crippen molar-refractivity contribution in [1.29, 1.82) is 0 Å². The molecule has 1 aliphatic heterocycles. The van der Waals surface area contributed by atoms with Crippen molar-refractivity contribution in [2.24, 2.45) is 0 Å². The molecule has 0 bridgehead atoms. The Morgan fingerprint density at radius 1 is 1.00 bits per heavy atom. The Hall–Kier alpha value is -3.98. The molecule has 182 valence electrons. The van der Waals surface area contributed by atoms with Crippen LogP contribution in [0.15, 0.2) is 65.6 Å². The van der Waals surface area contributed by atoms with Crippen LogP contribution in [0.2, 0.25) is 0 Å². The number of anilines is 2. The second kappa shape index (κ2) is 10.1. The van der Waals surface area contributed by atoms with Crippen molar-refractivity contribution in [2.45, 2.75) is 32.4 Å². The zero-order valence-corrected chi connectivity index (χ0v) is 19.7. The van der Waals surface area contributed by atoms with E-state index < -0.39 is 23.8 Å². The van der Waals surface area contributed by atoms with Crippen LogP contribution in [0.4, 0.5) is 20.6 Å². The molecule has 0 unspecified atom stereocenters. The monoisotopic (exact) mass is 478 g/mol. The fourth-order valence-electron chi connectivity index (χ4n) is 4.04. The second-order valence-electron chi connectivity index (χ2n) is 8.62. The molecule has 3 amide bonds. The summed E-state index contributed by atoms with van der Waals surface area (Å²) in [5, 5.41) is 5.37. The van der Waals surface area contributed by atoms with Gasteiger partial charge in [0, 0.05) is 44.1 Å². The van der Waals surface area contributed by atoms with Crippen LogP contribution >= 0.6 is 0 Å². The van der Waals surface area contributed by atoms with E-state index >= 15 is 0 Å². The number of likely N-dealkylation sites (tertiary alicyclic amines) is 1. The summed E-state index contributed by atoms with van der Waals surface area (Å²) in [4.78, 5) is 39.6. The van der Waals surface area contributed by atoms with Gasteiger partial charge >= 0.3 is 6.03 Å². The van der Waals surface area contributed by atoms with E-state index in [0.717, 1.165) is 11.1 Å². The Labute approximate surface area is 202 Å². The molecule has 1 aromatic heterocycles. The van der Waals surface area contributed by atoms with Crippen molar-refractivity contribution in [2.75, 3.05) is 24.3 Å². The predicted molar refractivity (Wildman–Crippen MR) is 131 cm³/mol. The summed E-state index contributed by atoms with van der Waals surface area (Å²) >= 11 is 0. The van der Waals surface area contributed by atoms with Crippen molar-refractivity contribution in [1.82, 2.24) is 9.47 Å². The molecule has 2 N–H and O–H groups in total. The third kappa shape index (κ3) is 5.41. The molecule has 0 aliphatic carbocycles. The number of rotatable bonds is 5. The quantitative estimate of drug-likeness (QED) is 0.583. The standard InChI is InChI=1S/C26H27FN4O4/c1-16-4-6-18(7-5-16)28-26(34)31-15-20(35-3)14-23(31)25(33)29-22-9-8-19(13-21(22)27)30-11-10-17(2)12-24(30)32/h4-13,20,23H,14-15H2,1-3H3,(H,28,34)(H,29,33)/t20-,23-/m1/s1. The van der Waals surface area contributed by atoms with Crippen molar-refractivity contribution in [3.63, 3.8) is 0 Å². The number of urea groups is 1. The Kier molecular flexibility index (Phi) is 6.97. The molecule has 0 radical (unpaired) electrons. The Balaban J connectivity index is 1.50. The van der Waals surface area contributed by atoms with Crippen LogP contribution in [0.5, 0.6) is 0 Å². The molecule has 2 heterocycles. The summed E-state index contributed by atoms with van der Waals surface area (Å²) < 4.78 is 21.6. The number of hydrogen-bond donors (Lipinski definition) is 2. The summed E-state index contributed by atoms with van der Waals surface area (Å²) in [7, 11) is 1.52. The van der Waals surface area contributed by atoms with Gasteiger partial charge < -0.3 is 20.3 Å². The number of nitrogens with one attached hydrogen (secondary N) is 2. The SMILES string of the molecule is CO[C@@H]1C[C@H](C(=O)Nc2ccc(-n3ccc(C)cc3=O)cc2F)N(C(=O)Nc2ccc(C)cc2)C1. The largest absolute Gasteiger partial charge is 0.380 e. The lowest BCUT2D eigenvalue weighted by atomic mass is 10.1. The van der Waals surface area contributed by atoms with Gasteiger partial charge in [-0.2, -0.15) is 0 Å². The fraction of sp³-hybridized carbons (Fsp3) is 0.269. The van der Waals surface area contributed by atoms with Crippen LogP contribution < -0.4 is 16.2 Å². The van der Waals surface area contributed by atoms with Crippen molar-refractivity contribution in [3.05, 3.63) is 88.1 Å². The molecule has 3 aromatic rings. The molecule has 9 heteroatoms. The second-order valence-corrected chi connectivity index (χ2v) is 8.62. The number of nitrogens with zero attached hydrogens (tertiary/aromatic N) is 2. The molecule has 8 nitrogen and oxygen atoms in total. The van der Waals surface area contributed by atoms with Crippen LogP contribution in [0.1, 0.15) is 17.5 Å². The number of benzene rings is 2. The number of ether oxygens (including phenoxy) is 1. The molecular formula is C26H27FN4O4. The van der Waals surface area contributed by atoms with Crippen LogP contribution in [-0.4, -0.2) is 47.2 Å². The summed E-state index contributed by atoms with van der Waals surface area (Å²) in [6, 6.07) is 13.3. The Bertz CT molecular complexity index is 1310. The van der Waals surface area contributed by atoms with Gasteiger partial charge in [-0.05, 0) is 49.7 Å². The lowest BCUT2D eigenvalue weighted by Crippen LogP contribution is -2.45. The topological polar surface area (TPSA) is 92.7 Å². The maximum atomic E-state index is 14.9. The van der Waals surface area contributed by atoms with Crippen molar-refractivity contribution in [3.8, 4) is 5.69 Å². The highest BCUT2D eigenvalue weighted by Gasteiger charge is 2.40. The van der Waals surface area contributed by atoms with Gasteiger partial charge in [-0.1, -0.05) is 17.7 Å². The molecular weight excluding hydrogens is 451 g/mol. The predicted octanol–water partition coefficient (Wildman–Crippen LogP) is 3.85. The van der Waals surface area contributed by atoms with E-state index in [1.807, 2.05) is 19.1 Å². The average molecular weight is 479 g/mol. The van der Waals surface area contributed by atoms with Gasteiger partial charge in [-0.25, -0.2) is 9.18 Å². The van der Waals surface area contributed by atoms with Crippen LogP contribution in [-0.2, 0) is 9.53 Å². The molecule has 35 heavy (non-hydrogen) atoms. The Morgan fingerprint density at radius 3 is 2.40 bits per heavy atom. The smallest absolute Gasteiger partial charge is 0.322 e. The number of aromatic nitrogens is 1. The van der Waals surface area contributed by atoms with E-state index in [1.54, 1.807) is 37.4 Å². The van der Waals surface area contributed by atoms with E-state index in [-0.39, 0.29) is 30.3 Å². The molecule has 0 saturated carbocycles. The van der Waals surface area contributed by atoms with Crippen LogP contribution in [0.25, 0.3) is 5.69 Å². The first-order chi connectivity index (χ1) is 16.7. The highest BCUT2D eigenvalue weighted by molar-refractivity contribution is 5.99. The van der Waals surface area contributed by atoms with E-state index in [1.165, 1.54) is 34.8 Å². The lowest BCUT2D eigenvalue weighted by molar-refractivity contribution is -0.119. The fourth-order valence-corrected chi connectivity index (χ4v) is 4.04. The number of hydrogen-bond acceptors (Lipinski definition) is 4. The summed E-state index contributed by atoms with van der Waals surface area (Å²) in [6.07, 6.45) is 1.52. The van der Waals surface area contributed by atoms with Crippen molar-refractivity contribution < 1.29 is 18.7 Å². The minimum Gasteiger partial charge on any atom is -0.380 e. The van der Waals surface area contributed by atoms with Gasteiger partial charge in [0.15, 0.2) is 0 Å². The van der Waals surface area contributed by atoms with E-state index in [0.29, 0.717) is 11.4 Å². The molecule has 0 spiro atoms. The number of halogens is 1. The Morgan fingerprint density at radius 2 is 1.74 bits per heavy atom. The van der Waals surface area contributed by atoms with Crippen LogP contribution in [0.3, 0.4) is 0 Å². The number of methoxy groups -OCH3 is 1. The third-order valence-electron chi connectivity index (χ3n) is 6.03. The zero-order valence-electron chi connectivity index (χ0n) is 19.7. The zero-order chi connectivity index (χ0) is 25.1. The van der Waals surface area contributed by atoms with Gasteiger partial charge in [-0.15, -0.1) is 0 Å². The van der Waals surface area contributed by atoms with Gasteiger partial charge in [0.05, 0.1) is 17.5 Å². The van der Waals surface area contributed by atoms with E-state index in [9.17, 15) is 18.8 Å². The molecule has 2 aromatic carbocycles. The minimum absolute atomic E-state index is 0.0429. The molecule has 1 fully saturated rings. The maximum absolute atomic E-state index is 14.9. The highest BCUT2D eigenvalue weighted by Crippen LogP contribution is 2.25. The average Bonchev–Trinajstić information content (AvgIpc) is 3.27. The van der Waals surface area contributed by atoms with E-state index in [4.69, 9.17) is 4.74 Å². The normalized spacial score (nSPS) is 17.3. The summed E-state index contributed by atoms with van der Waals surface area (Å²) in [5.41, 5.74) is 2.48. The third-order valence-corrected chi connectivity index (χ3v) is 6.03. The number of carbonyl (C=O) groups is 2. The number of carbonyl (C=O) groups excluding carboxylic acids is 2. The highest BCUT2D eigenvalue weighted by atomic mass is 19.1. The maximum Gasteiger partial charge on any atom is 0.322 e. The molecule has 4 rings (SSSR count). The minimum atomic E-state index is -0.843. The van der Waals surface area contributed by atoms with Gasteiger partial charge in [0.1, 0.15) is 11.9 Å². The molecule has 1 saturated heterocycles. The first-order valence-corrected chi connectivity index (χ1v) is 11.2.